The molecule has 1 aromatic heterocycles. The zero-order valence-electron chi connectivity index (χ0n) is 30.6. The molecule has 0 bridgehead atoms. The first kappa shape index (κ1) is 32.3. The van der Waals surface area contributed by atoms with Gasteiger partial charge in [-0.05, 0) is 127 Å². The predicted molar refractivity (Wildman–Crippen MR) is 232 cm³/mol. The Morgan fingerprint density at radius 2 is 0.821 bits per heavy atom. The topological polar surface area (TPSA) is 22.4 Å². The van der Waals surface area contributed by atoms with Gasteiger partial charge in [-0.3, -0.25) is 0 Å². The van der Waals surface area contributed by atoms with Crippen LogP contribution in [0.4, 0.5) is 0 Å². The van der Waals surface area contributed by atoms with Crippen LogP contribution in [0.2, 0.25) is 0 Å². The van der Waals surface area contributed by atoms with Crippen molar-refractivity contribution in [2.24, 2.45) is 0 Å². The average Bonchev–Trinajstić information content (AvgIpc) is 3.82. The van der Waals surface area contributed by atoms with Gasteiger partial charge in [0.15, 0.2) is 0 Å². The van der Waals surface area contributed by atoms with Crippen molar-refractivity contribution in [3.63, 3.8) is 0 Å². The Labute approximate surface area is 326 Å². The molecule has 0 spiro atoms. The molecular formula is C54H36O2. The summed E-state index contributed by atoms with van der Waals surface area (Å²) >= 11 is 0. The fourth-order valence-corrected chi connectivity index (χ4v) is 8.52. The first-order valence-corrected chi connectivity index (χ1v) is 19.3. The highest BCUT2D eigenvalue weighted by atomic mass is 16.5. The Bertz CT molecular complexity index is 2860. The zero-order valence-corrected chi connectivity index (χ0v) is 30.6. The van der Waals surface area contributed by atoms with Crippen LogP contribution in [0.25, 0.3) is 83.1 Å². The molecule has 0 saturated heterocycles. The number of allylic oxidation sites excluding steroid dienone is 2. The fraction of sp³-hybridized carbons (Fsp3) is 0.0370. The molecule has 2 aliphatic rings. The van der Waals surface area contributed by atoms with Gasteiger partial charge in [-0.2, -0.15) is 0 Å². The molecule has 56 heavy (non-hydrogen) atoms. The minimum Gasteiger partial charge on any atom is -0.485 e. The lowest BCUT2D eigenvalue weighted by Gasteiger charge is -2.20. The molecule has 8 aromatic carbocycles. The van der Waals surface area contributed by atoms with Crippen molar-refractivity contribution in [3.05, 3.63) is 217 Å². The molecule has 2 heteroatoms. The van der Waals surface area contributed by atoms with Crippen LogP contribution in [0.1, 0.15) is 17.0 Å². The summed E-state index contributed by atoms with van der Waals surface area (Å²) in [4.78, 5) is 0. The summed E-state index contributed by atoms with van der Waals surface area (Å²) in [5, 5.41) is 2.21. The summed E-state index contributed by atoms with van der Waals surface area (Å²) in [5.41, 5.74) is 17.2. The molecule has 0 radical (unpaired) electrons. The lowest BCUT2D eigenvalue weighted by atomic mass is 9.85. The molecule has 2 heterocycles. The van der Waals surface area contributed by atoms with Crippen LogP contribution >= 0.6 is 0 Å². The van der Waals surface area contributed by atoms with Crippen molar-refractivity contribution in [2.75, 3.05) is 0 Å². The molecule has 11 rings (SSSR count). The number of ether oxygens (including phenoxy) is 1. The van der Waals surface area contributed by atoms with Gasteiger partial charge >= 0.3 is 0 Å². The summed E-state index contributed by atoms with van der Waals surface area (Å²) in [7, 11) is 0. The number of hydrogen-bond acceptors (Lipinski definition) is 2. The van der Waals surface area contributed by atoms with Crippen LogP contribution in [0, 0.1) is 0 Å². The SMILES string of the molecule is C1=CC2Oc3cc4oc5ccc(-c6cc(-c7ccccc7)cc(-c7ccccc7)c6)cc5c4cc3C2C=C1c1cc(-c2ccccc2)cc(-c2ccccc2)c1. The second-order valence-corrected chi connectivity index (χ2v) is 14.9. The van der Waals surface area contributed by atoms with Crippen molar-refractivity contribution in [2.45, 2.75) is 12.0 Å². The lowest BCUT2D eigenvalue weighted by Crippen LogP contribution is -2.17. The molecule has 0 amide bonds. The van der Waals surface area contributed by atoms with Gasteiger partial charge < -0.3 is 9.15 Å². The van der Waals surface area contributed by atoms with Gasteiger partial charge in [0.2, 0.25) is 0 Å². The molecule has 0 N–H and O–H groups in total. The second kappa shape index (κ2) is 13.3. The number of fused-ring (bicyclic) bond motifs is 6. The van der Waals surface area contributed by atoms with Gasteiger partial charge in [-0.1, -0.05) is 140 Å². The van der Waals surface area contributed by atoms with Crippen molar-refractivity contribution in [1.82, 2.24) is 0 Å². The third kappa shape index (κ3) is 5.75. The highest BCUT2D eigenvalue weighted by Crippen LogP contribution is 2.48. The Morgan fingerprint density at radius 1 is 0.357 bits per heavy atom. The summed E-state index contributed by atoms with van der Waals surface area (Å²) in [6, 6.07) is 67.4. The molecule has 1 aliphatic heterocycles. The molecule has 0 saturated carbocycles. The molecule has 2 atom stereocenters. The second-order valence-electron chi connectivity index (χ2n) is 14.9. The number of benzene rings is 8. The first-order chi connectivity index (χ1) is 27.7. The van der Waals surface area contributed by atoms with Crippen molar-refractivity contribution >= 4 is 27.5 Å². The molecule has 264 valence electrons. The predicted octanol–water partition coefficient (Wildman–Crippen LogP) is 14.4. The Hall–Kier alpha value is -7.16. The van der Waals surface area contributed by atoms with E-state index in [1.807, 2.05) is 0 Å². The lowest BCUT2D eigenvalue weighted by molar-refractivity contribution is 0.269. The van der Waals surface area contributed by atoms with Crippen LogP contribution in [0.3, 0.4) is 0 Å². The molecular weight excluding hydrogens is 681 g/mol. The highest BCUT2D eigenvalue weighted by molar-refractivity contribution is 6.07. The fourth-order valence-electron chi connectivity index (χ4n) is 8.52. The van der Waals surface area contributed by atoms with Crippen LogP contribution in [0.15, 0.2) is 211 Å². The largest absolute Gasteiger partial charge is 0.485 e. The number of hydrogen-bond donors (Lipinski definition) is 0. The maximum absolute atomic E-state index is 6.60. The maximum atomic E-state index is 6.60. The monoisotopic (exact) mass is 716 g/mol. The van der Waals surface area contributed by atoms with Crippen molar-refractivity contribution in [1.29, 1.82) is 0 Å². The third-order valence-electron chi connectivity index (χ3n) is 11.4. The standard InChI is InChI=1S/C54H36O2/c1-5-13-35(14-6-1)41-25-42(36-15-7-2-8-16-36)28-45(27-41)39-21-23-51-47(31-39)49-33-50-48-32-40(22-24-52(48)56-54(50)34-53(49)55-51)46-29-43(37-17-9-3-10-18-37)26-44(30-46)38-19-11-4-12-20-38/h1-34,47,51H. The number of furan rings is 1. The molecule has 9 aromatic rings. The Balaban J connectivity index is 1.01. The minimum absolute atomic E-state index is 0.0647. The van der Waals surface area contributed by atoms with Crippen molar-refractivity contribution in [3.8, 4) is 61.4 Å². The van der Waals surface area contributed by atoms with E-state index in [0.29, 0.717) is 0 Å². The van der Waals surface area contributed by atoms with E-state index in [0.717, 1.165) is 33.3 Å². The summed E-state index contributed by atoms with van der Waals surface area (Å²) in [6.45, 7) is 0. The van der Waals surface area contributed by atoms with E-state index in [1.54, 1.807) is 0 Å². The molecule has 1 aliphatic carbocycles. The van der Waals surface area contributed by atoms with E-state index in [1.165, 1.54) is 66.8 Å². The zero-order chi connectivity index (χ0) is 37.0. The third-order valence-corrected chi connectivity index (χ3v) is 11.4. The molecule has 2 nitrogen and oxygen atoms in total. The average molecular weight is 717 g/mol. The van der Waals surface area contributed by atoms with Crippen LogP contribution < -0.4 is 4.74 Å². The smallest absolute Gasteiger partial charge is 0.139 e. The normalized spacial score (nSPS) is 15.7. The first-order valence-electron chi connectivity index (χ1n) is 19.3. The summed E-state index contributed by atoms with van der Waals surface area (Å²) in [5.74, 6) is 0.971. The Morgan fingerprint density at radius 3 is 1.34 bits per heavy atom. The van der Waals surface area contributed by atoms with Gasteiger partial charge in [0, 0.05) is 28.3 Å². The van der Waals surface area contributed by atoms with Gasteiger partial charge in [0.05, 0.1) is 0 Å². The van der Waals surface area contributed by atoms with Gasteiger partial charge in [0.25, 0.3) is 0 Å². The quantitative estimate of drug-likeness (QED) is 0.171. The Kier molecular flexibility index (Phi) is 7.67. The van der Waals surface area contributed by atoms with Crippen LogP contribution in [0.5, 0.6) is 5.75 Å². The van der Waals surface area contributed by atoms with Crippen LogP contribution in [-0.4, -0.2) is 6.10 Å². The molecule has 2 unspecified atom stereocenters. The van der Waals surface area contributed by atoms with Gasteiger partial charge in [-0.25, -0.2) is 0 Å². The van der Waals surface area contributed by atoms with Gasteiger partial charge in [-0.15, -0.1) is 0 Å². The van der Waals surface area contributed by atoms with E-state index in [9.17, 15) is 0 Å². The highest BCUT2D eigenvalue weighted by Gasteiger charge is 2.34. The van der Waals surface area contributed by atoms with Crippen molar-refractivity contribution < 1.29 is 9.15 Å². The number of rotatable bonds is 6. The van der Waals surface area contributed by atoms with Crippen LogP contribution in [-0.2, 0) is 0 Å². The van der Waals surface area contributed by atoms with E-state index in [4.69, 9.17) is 9.15 Å². The maximum Gasteiger partial charge on any atom is 0.139 e. The summed E-state index contributed by atoms with van der Waals surface area (Å²) < 4.78 is 13.1. The van der Waals surface area contributed by atoms with E-state index >= 15 is 0 Å². The van der Waals surface area contributed by atoms with Gasteiger partial charge in [0.1, 0.15) is 23.0 Å². The molecule has 0 fully saturated rings. The van der Waals surface area contributed by atoms with E-state index < -0.39 is 0 Å². The van der Waals surface area contributed by atoms with E-state index in [2.05, 4.69) is 206 Å². The summed E-state index contributed by atoms with van der Waals surface area (Å²) in [6.07, 6.45) is 6.78. The minimum atomic E-state index is -0.0647. The van der Waals surface area contributed by atoms with E-state index in [-0.39, 0.29) is 12.0 Å².